The molecular weight excluding hydrogens is 428 g/mol. The number of nitrogens with one attached hydrogen (secondary N) is 1. The van der Waals surface area contributed by atoms with Crippen LogP contribution in [0.4, 0.5) is 0 Å². The summed E-state index contributed by atoms with van der Waals surface area (Å²) in [5, 5.41) is 3.53. The first kappa shape index (κ1) is 23.9. The van der Waals surface area contributed by atoms with Crippen LogP contribution < -0.4 is 14.8 Å². The highest BCUT2D eigenvalue weighted by molar-refractivity contribution is 6.30. The lowest BCUT2D eigenvalue weighted by Gasteiger charge is -2.29. The maximum Gasteiger partial charge on any atom is 0.242 e. The van der Waals surface area contributed by atoms with E-state index in [2.05, 4.69) is 5.32 Å². The Morgan fingerprint density at radius 1 is 1.03 bits per heavy atom. The first-order valence-corrected chi connectivity index (χ1v) is 11.4. The summed E-state index contributed by atoms with van der Waals surface area (Å²) in [7, 11) is 0. The van der Waals surface area contributed by atoms with E-state index in [1.165, 1.54) is 0 Å². The molecule has 2 aromatic carbocycles. The molecule has 1 aliphatic rings. The van der Waals surface area contributed by atoms with Gasteiger partial charge >= 0.3 is 0 Å². The van der Waals surface area contributed by atoms with Gasteiger partial charge in [-0.15, -0.1) is 0 Å². The van der Waals surface area contributed by atoms with Gasteiger partial charge in [0.2, 0.25) is 11.8 Å². The lowest BCUT2D eigenvalue weighted by molar-refractivity contribution is -0.140. The molecule has 0 radical (unpaired) electrons. The largest absolute Gasteiger partial charge is 0.486 e. The van der Waals surface area contributed by atoms with Crippen LogP contribution in [-0.2, 0) is 22.6 Å². The summed E-state index contributed by atoms with van der Waals surface area (Å²) in [4.78, 5) is 27.6. The van der Waals surface area contributed by atoms with E-state index in [4.69, 9.17) is 21.1 Å². The van der Waals surface area contributed by atoms with Crippen LogP contribution in [0.15, 0.2) is 42.5 Å². The number of rotatable bonds is 9. The number of carbonyl (C=O) groups is 2. The van der Waals surface area contributed by atoms with E-state index in [-0.39, 0.29) is 18.2 Å². The fourth-order valence-electron chi connectivity index (χ4n) is 3.51. The van der Waals surface area contributed by atoms with Crippen LogP contribution in [-0.4, -0.2) is 42.5 Å². The molecule has 7 heteroatoms. The number of nitrogens with zero attached hydrogens (tertiary/aromatic N) is 1. The molecule has 172 valence electrons. The Labute approximate surface area is 194 Å². The Morgan fingerprint density at radius 3 is 2.50 bits per heavy atom. The number of carbonyl (C=O) groups excluding carboxylic acids is 2. The van der Waals surface area contributed by atoms with Gasteiger partial charge in [-0.3, -0.25) is 9.59 Å². The third kappa shape index (κ3) is 6.63. The SMILES string of the molecule is CC(C)CNC(=O)C(C)N(Cc1cccc(Cl)c1)C(=O)CCc1ccc2c(c1)OCCO2. The van der Waals surface area contributed by atoms with Crippen molar-refractivity contribution in [1.82, 2.24) is 10.2 Å². The standard InChI is InChI=1S/C25H31ClN2O4/c1-17(2)15-27-25(30)18(3)28(16-20-5-4-6-21(26)13-20)24(29)10-8-19-7-9-22-23(14-19)32-12-11-31-22/h4-7,9,13-14,17-18H,8,10-12,15-16H2,1-3H3,(H,27,30). The highest BCUT2D eigenvalue weighted by Crippen LogP contribution is 2.31. The van der Waals surface area contributed by atoms with Gasteiger partial charge in [0.25, 0.3) is 0 Å². The minimum Gasteiger partial charge on any atom is -0.486 e. The Bertz CT molecular complexity index is 947. The highest BCUT2D eigenvalue weighted by atomic mass is 35.5. The number of hydrogen-bond donors (Lipinski definition) is 1. The summed E-state index contributed by atoms with van der Waals surface area (Å²) in [6.07, 6.45) is 0.823. The smallest absolute Gasteiger partial charge is 0.242 e. The molecule has 32 heavy (non-hydrogen) atoms. The van der Waals surface area contributed by atoms with Crippen molar-refractivity contribution in [1.29, 1.82) is 0 Å². The topological polar surface area (TPSA) is 67.9 Å². The molecular formula is C25H31ClN2O4. The van der Waals surface area contributed by atoms with Crippen molar-refractivity contribution in [3.8, 4) is 11.5 Å². The van der Waals surface area contributed by atoms with E-state index in [1.807, 2.05) is 50.2 Å². The van der Waals surface area contributed by atoms with E-state index < -0.39 is 6.04 Å². The summed E-state index contributed by atoms with van der Waals surface area (Å²) < 4.78 is 11.2. The minimum absolute atomic E-state index is 0.0907. The van der Waals surface area contributed by atoms with Crippen molar-refractivity contribution in [2.45, 2.75) is 46.2 Å². The number of ether oxygens (including phenoxy) is 2. The van der Waals surface area contributed by atoms with Crippen LogP contribution >= 0.6 is 11.6 Å². The van der Waals surface area contributed by atoms with Gasteiger partial charge in [0, 0.05) is 24.5 Å². The maximum absolute atomic E-state index is 13.2. The second-order valence-electron chi connectivity index (χ2n) is 8.44. The molecule has 1 aliphatic heterocycles. The van der Waals surface area contributed by atoms with Crippen molar-refractivity contribution in [2.75, 3.05) is 19.8 Å². The van der Waals surface area contributed by atoms with Gasteiger partial charge in [-0.05, 0) is 54.7 Å². The summed E-state index contributed by atoms with van der Waals surface area (Å²) >= 11 is 6.13. The lowest BCUT2D eigenvalue weighted by atomic mass is 10.1. The fourth-order valence-corrected chi connectivity index (χ4v) is 3.72. The van der Waals surface area contributed by atoms with Crippen molar-refractivity contribution in [3.05, 3.63) is 58.6 Å². The molecule has 2 amide bonds. The number of amides is 2. The van der Waals surface area contributed by atoms with Crippen LogP contribution in [0.5, 0.6) is 11.5 Å². The molecule has 0 saturated carbocycles. The Morgan fingerprint density at radius 2 is 1.78 bits per heavy atom. The van der Waals surface area contributed by atoms with Crippen LogP contribution in [0.3, 0.4) is 0 Å². The van der Waals surface area contributed by atoms with E-state index in [0.29, 0.717) is 49.4 Å². The molecule has 0 aliphatic carbocycles. The van der Waals surface area contributed by atoms with Gasteiger partial charge in [0.15, 0.2) is 11.5 Å². The molecule has 2 aromatic rings. The minimum atomic E-state index is -0.597. The van der Waals surface area contributed by atoms with Gasteiger partial charge in [0.05, 0.1) is 0 Å². The van der Waals surface area contributed by atoms with Crippen LogP contribution in [0.25, 0.3) is 0 Å². The van der Waals surface area contributed by atoms with Gasteiger partial charge in [-0.2, -0.15) is 0 Å². The lowest BCUT2D eigenvalue weighted by Crippen LogP contribution is -2.48. The number of hydrogen-bond acceptors (Lipinski definition) is 4. The van der Waals surface area contributed by atoms with Crippen molar-refractivity contribution in [2.24, 2.45) is 5.92 Å². The number of fused-ring (bicyclic) bond motifs is 1. The summed E-state index contributed by atoms with van der Waals surface area (Å²) in [6, 6.07) is 12.5. The predicted octanol–water partition coefficient (Wildman–Crippen LogP) is 4.23. The normalized spacial score (nSPS) is 13.5. The summed E-state index contributed by atoms with van der Waals surface area (Å²) in [5.74, 6) is 1.52. The Balaban J connectivity index is 1.70. The summed E-state index contributed by atoms with van der Waals surface area (Å²) in [6.45, 7) is 7.78. The predicted molar refractivity (Wildman–Crippen MR) is 125 cm³/mol. The van der Waals surface area contributed by atoms with E-state index >= 15 is 0 Å². The quantitative estimate of drug-likeness (QED) is 0.610. The molecule has 0 fully saturated rings. The molecule has 1 unspecified atom stereocenters. The van der Waals surface area contributed by atoms with Crippen LogP contribution in [0.2, 0.25) is 5.02 Å². The first-order chi connectivity index (χ1) is 15.3. The number of halogens is 1. The van der Waals surface area contributed by atoms with Crippen molar-refractivity contribution in [3.63, 3.8) is 0 Å². The third-order valence-corrected chi connectivity index (χ3v) is 5.56. The zero-order valence-corrected chi connectivity index (χ0v) is 19.7. The fraction of sp³-hybridized carbons (Fsp3) is 0.440. The van der Waals surface area contributed by atoms with E-state index in [1.54, 1.807) is 17.9 Å². The average Bonchev–Trinajstić information content (AvgIpc) is 2.78. The molecule has 0 saturated heterocycles. The zero-order chi connectivity index (χ0) is 23.1. The van der Waals surface area contributed by atoms with Crippen LogP contribution in [0, 0.1) is 5.92 Å². The molecule has 0 aromatic heterocycles. The second-order valence-corrected chi connectivity index (χ2v) is 8.88. The van der Waals surface area contributed by atoms with Gasteiger partial charge in [-0.1, -0.05) is 43.6 Å². The summed E-state index contributed by atoms with van der Waals surface area (Å²) in [5.41, 5.74) is 1.87. The van der Waals surface area contributed by atoms with E-state index in [9.17, 15) is 9.59 Å². The van der Waals surface area contributed by atoms with Crippen molar-refractivity contribution < 1.29 is 19.1 Å². The van der Waals surface area contributed by atoms with Gasteiger partial charge in [0.1, 0.15) is 19.3 Å². The molecule has 1 atom stereocenters. The molecule has 1 N–H and O–H groups in total. The van der Waals surface area contributed by atoms with Crippen LogP contribution in [0.1, 0.15) is 38.3 Å². The monoisotopic (exact) mass is 458 g/mol. The third-order valence-electron chi connectivity index (χ3n) is 5.33. The zero-order valence-electron chi connectivity index (χ0n) is 18.9. The maximum atomic E-state index is 13.2. The van der Waals surface area contributed by atoms with E-state index in [0.717, 1.165) is 16.9 Å². The van der Waals surface area contributed by atoms with Crippen molar-refractivity contribution >= 4 is 23.4 Å². The van der Waals surface area contributed by atoms with Gasteiger partial charge < -0.3 is 19.7 Å². The Kier molecular flexibility index (Phi) is 8.39. The first-order valence-electron chi connectivity index (χ1n) is 11.0. The molecule has 6 nitrogen and oxygen atoms in total. The molecule has 3 rings (SSSR count). The molecule has 0 bridgehead atoms. The number of benzene rings is 2. The van der Waals surface area contributed by atoms with Gasteiger partial charge in [-0.25, -0.2) is 0 Å². The molecule has 1 heterocycles. The number of aryl methyl sites for hydroxylation is 1. The Hall–Kier alpha value is -2.73. The molecule has 0 spiro atoms. The second kappa shape index (κ2) is 11.2. The highest BCUT2D eigenvalue weighted by Gasteiger charge is 2.26. The average molecular weight is 459 g/mol.